The number of esters is 1. The summed E-state index contributed by atoms with van der Waals surface area (Å²) in [5.41, 5.74) is 5.95. The van der Waals surface area contributed by atoms with Crippen molar-refractivity contribution in [2.45, 2.75) is 169 Å². The highest BCUT2D eigenvalue weighted by Gasteiger charge is 2.47. The number of aliphatic hydroxyl groups excluding tert-OH is 1. The molecule has 2 aliphatic heterocycles. The third-order valence-electron chi connectivity index (χ3n) is 13.1. The van der Waals surface area contributed by atoms with Gasteiger partial charge >= 0.3 is 5.97 Å². The average molecular weight is 927 g/mol. The van der Waals surface area contributed by atoms with Crippen molar-refractivity contribution in [2.75, 3.05) is 7.05 Å². The van der Waals surface area contributed by atoms with Gasteiger partial charge < -0.3 is 46.4 Å². The number of Topliss-reactive ketones (excluding diaryl/α,β-unsaturated/α-hetero) is 2. The number of nitrogens with one attached hydrogen (secondary N) is 3. The van der Waals surface area contributed by atoms with Gasteiger partial charge in [-0.1, -0.05) is 80.4 Å². The van der Waals surface area contributed by atoms with Crippen molar-refractivity contribution in [1.29, 1.82) is 0 Å². The van der Waals surface area contributed by atoms with E-state index >= 15 is 0 Å². The lowest BCUT2D eigenvalue weighted by Crippen LogP contribution is -2.63. The maximum absolute atomic E-state index is 14.9. The van der Waals surface area contributed by atoms with E-state index in [1.165, 1.54) is 31.0 Å². The van der Waals surface area contributed by atoms with Crippen LogP contribution in [0.5, 0.6) is 5.75 Å². The first-order chi connectivity index (χ1) is 30.9. The van der Waals surface area contributed by atoms with Gasteiger partial charge in [0.25, 0.3) is 0 Å². The summed E-state index contributed by atoms with van der Waals surface area (Å²) < 4.78 is 5.94. The Hall–Kier alpha value is -5.39. The van der Waals surface area contributed by atoms with Crippen molar-refractivity contribution in [1.82, 2.24) is 25.8 Å². The van der Waals surface area contributed by atoms with Crippen molar-refractivity contribution >= 4 is 53.0 Å². The van der Waals surface area contributed by atoms with Crippen molar-refractivity contribution < 1.29 is 58.1 Å². The summed E-state index contributed by atoms with van der Waals surface area (Å²) in [5, 5.41) is 29.6. The largest absolute Gasteiger partial charge is 0.508 e. The minimum Gasteiger partial charge on any atom is -0.508 e. The van der Waals surface area contributed by atoms with Gasteiger partial charge in [-0.15, -0.1) is 0 Å². The Balaban J connectivity index is 2.27. The summed E-state index contributed by atoms with van der Waals surface area (Å²) in [7, 11) is 1.40. The number of ether oxygens (including phenoxy) is 1. The van der Waals surface area contributed by atoms with E-state index in [-0.39, 0.29) is 68.8 Å². The zero-order valence-electron chi connectivity index (χ0n) is 40.3. The number of primary amides is 1. The summed E-state index contributed by atoms with van der Waals surface area (Å²) in [6.07, 6.45) is -3.00. The van der Waals surface area contributed by atoms with E-state index in [4.69, 9.17) is 10.5 Å². The van der Waals surface area contributed by atoms with Gasteiger partial charge in [0.15, 0.2) is 5.78 Å². The first kappa shape index (κ1) is 54.9. The quantitative estimate of drug-likeness (QED) is 0.131. The standard InChI is InChI=1S/C48H74N6O12/c1-11-27(7)40-48(65)66-29(9)41(52-43(60)31(15-19-38(49)58)23-36(56)26(5)6)45(62)50-34(21-25(3)4)37(57)24-32-16-20-39(59)54(46(32)63)42(28(8)12-2)47(64)53(10)35(44(61)51-40)22-30-13-17-33(55)18-14-30/h13-14,17-18,25-29,31-32,34-35,39-42,55,59H,11-12,15-16,19-24H2,1-10H3,(H2,49,58)(H,50,62)(H,51,61)(H,52,60)/t27-,28-,29+,31+,32+,34-,35-,39+,40?,41-,42-/m0/s1. The van der Waals surface area contributed by atoms with Gasteiger partial charge in [0.1, 0.15) is 48.0 Å². The maximum Gasteiger partial charge on any atom is 0.329 e. The Morgan fingerprint density at radius 1 is 0.894 bits per heavy atom. The minimum atomic E-state index is -1.67. The zero-order valence-corrected chi connectivity index (χ0v) is 40.3. The van der Waals surface area contributed by atoms with Crippen LogP contribution in [0.3, 0.4) is 0 Å². The molecule has 2 saturated heterocycles. The second kappa shape index (κ2) is 24.9. The number of aliphatic hydroxyl groups is 1. The highest BCUT2D eigenvalue weighted by atomic mass is 16.5. The molecule has 66 heavy (non-hydrogen) atoms. The fraction of sp³-hybridized carbons (Fsp3) is 0.688. The average Bonchev–Trinajstić information content (AvgIpc) is 3.25. The second-order valence-electron chi connectivity index (χ2n) is 19.1. The van der Waals surface area contributed by atoms with Gasteiger partial charge in [0, 0.05) is 50.5 Å². The van der Waals surface area contributed by atoms with Crippen LogP contribution in [0.2, 0.25) is 0 Å². The number of hydrogen-bond donors (Lipinski definition) is 6. The number of hydrogen-bond acceptors (Lipinski definition) is 12. The number of phenolic OH excluding ortho intramolecular Hbond substituents is 1. The van der Waals surface area contributed by atoms with Crippen LogP contribution in [-0.4, -0.2) is 123 Å². The molecule has 2 aliphatic rings. The number of phenols is 1. The van der Waals surface area contributed by atoms with Gasteiger partial charge in [-0.25, -0.2) is 4.79 Å². The number of fused-ring (bicyclic) bond motifs is 2. The highest BCUT2D eigenvalue weighted by molar-refractivity contribution is 5.98. The minimum absolute atomic E-state index is 0.0319. The molecule has 0 saturated carbocycles. The number of cyclic esters (lactones) is 1. The molecule has 3 rings (SSSR count). The van der Waals surface area contributed by atoms with Crippen molar-refractivity contribution in [3.63, 3.8) is 0 Å². The van der Waals surface area contributed by atoms with Crippen LogP contribution >= 0.6 is 0 Å². The number of rotatable bonds is 16. The Kier molecular flexibility index (Phi) is 20.8. The first-order valence-electron chi connectivity index (χ1n) is 23.4. The number of piperidine rings is 1. The molecule has 7 N–H and O–H groups in total. The fourth-order valence-corrected chi connectivity index (χ4v) is 8.39. The first-order valence-corrected chi connectivity index (χ1v) is 23.4. The topological polar surface area (TPSA) is 272 Å². The molecule has 2 heterocycles. The van der Waals surface area contributed by atoms with Crippen molar-refractivity contribution in [3.8, 4) is 5.75 Å². The van der Waals surface area contributed by atoms with Crippen LogP contribution in [0.25, 0.3) is 0 Å². The van der Waals surface area contributed by atoms with E-state index in [2.05, 4.69) is 16.0 Å². The van der Waals surface area contributed by atoms with E-state index in [9.17, 15) is 53.4 Å². The normalized spacial score (nSPS) is 26.6. The van der Waals surface area contributed by atoms with E-state index in [0.717, 1.165) is 4.90 Å². The summed E-state index contributed by atoms with van der Waals surface area (Å²) in [5.74, 6) is -10.2. The molecule has 2 bridgehead atoms. The van der Waals surface area contributed by atoms with Crippen molar-refractivity contribution in [3.05, 3.63) is 29.8 Å². The molecule has 18 heteroatoms. The molecule has 0 spiro atoms. The van der Waals surface area contributed by atoms with Crippen LogP contribution in [-0.2, 0) is 54.3 Å². The SMILES string of the molecule is CC[C@H](C)C1NC(=O)[C@H](Cc2ccc(O)cc2)N(C)C(=O)[C@H]([C@@H](C)CC)N2C(=O)[C@H](CC[C@H]2O)CC(=O)[C@H](CC(C)C)NC(=O)[C@@H](NC(=O)[C@H](CCC(N)=O)CC(=O)C(C)C)[C@@H](C)OC1=O. The number of aromatic hydroxyl groups is 1. The lowest BCUT2D eigenvalue weighted by molar-refractivity contribution is -0.170. The van der Waals surface area contributed by atoms with Gasteiger partial charge in [-0.05, 0) is 68.1 Å². The third kappa shape index (κ3) is 14.8. The molecular formula is C48H74N6O12. The molecule has 1 aromatic rings. The van der Waals surface area contributed by atoms with E-state index in [0.29, 0.717) is 18.4 Å². The predicted octanol–water partition coefficient (Wildman–Crippen LogP) is 2.68. The lowest BCUT2D eigenvalue weighted by Gasteiger charge is -2.44. The maximum atomic E-state index is 14.9. The number of carbonyl (C=O) groups excluding carboxylic acids is 9. The zero-order chi connectivity index (χ0) is 49.7. The molecule has 6 amide bonds. The van der Waals surface area contributed by atoms with Crippen LogP contribution in [0.1, 0.15) is 126 Å². The molecule has 1 aromatic carbocycles. The summed E-state index contributed by atoms with van der Waals surface area (Å²) >= 11 is 0. The number of amides is 6. The Bertz CT molecular complexity index is 1910. The molecule has 0 radical (unpaired) electrons. The highest BCUT2D eigenvalue weighted by Crippen LogP contribution is 2.32. The molecular weight excluding hydrogens is 853 g/mol. The number of nitrogens with two attached hydrogens (primary N) is 1. The van der Waals surface area contributed by atoms with Crippen LogP contribution in [0.4, 0.5) is 0 Å². The van der Waals surface area contributed by atoms with Crippen LogP contribution in [0, 0.1) is 35.5 Å². The number of nitrogens with zero attached hydrogens (tertiary/aromatic N) is 2. The molecule has 18 nitrogen and oxygen atoms in total. The van der Waals surface area contributed by atoms with Crippen LogP contribution < -0.4 is 21.7 Å². The van der Waals surface area contributed by atoms with Gasteiger partial charge in [-0.2, -0.15) is 0 Å². The molecule has 1 unspecified atom stereocenters. The number of carbonyl (C=O) groups is 9. The Labute approximate surface area is 388 Å². The Morgan fingerprint density at radius 3 is 2.08 bits per heavy atom. The number of likely N-dealkylation sites (N-methyl/N-ethyl adjacent to an activating group) is 1. The molecule has 0 aromatic heterocycles. The number of benzene rings is 1. The van der Waals surface area contributed by atoms with Crippen molar-refractivity contribution in [2.24, 2.45) is 41.2 Å². The van der Waals surface area contributed by atoms with Gasteiger partial charge in [0.05, 0.1) is 6.04 Å². The summed E-state index contributed by atoms with van der Waals surface area (Å²) in [6, 6.07) is -0.831. The van der Waals surface area contributed by atoms with E-state index in [1.807, 2.05) is 20.8 Å². The smallest absolute Gasteiger partial charge is 0.329 e. The summed E-state index contributed by atoms with van der Waals surface area (Å²) in [4.78, 5) is 128. The molecule has 368 valence electrons. The molecule has 11 atom stereocenters. The lowest BCUT2D eigenvalue weighted by atomic mass is 9.85. The Morgan fingerprint density at radius 2 is 1.52 bits per heavy atom. The van der Waals surface area contributed by atoms with Crippen LogP contribution in [0.15, 0.2) is 24.3 Å². The van der Waals surface area contributed by atoms with E-state index < -0.39 is 119 Å². The molecule has 0 aliphatic carbocycles. The van der Waals surface area contributed by atoms with Gasteiger partial charge in [-0.3, -0.25) is 38.4 Å². The molecule has 2 fully saturated rings. The number of ketones is 2. The third-order valence-corrected chi connectivity index (χ3v) is 13.1. The second-order valence-corrected chi connectivity index (χ2v) is 19.1. The predicted molar refractivity (Wildman–Crippen MR) is 243 cm³/mol. The van der Waals surface area contributed by atoms with E-state index in [1.54, 1.807) is 46.8 Å². The van der Waals surface area contributed by atoms with Gasteiger partial charge in [0.2, 0.25) is 35.4 Å². The summed E-state index contributed by atoms with van der Waals surface area (Å²) in [6.45, 7) is 15.4. The fourth-order valence-electron chi connectivity index (χ4n) is 8.39. The monoisotopic (exact) mass is 927 g/mol.